The first-order chi connectivity index (χ1) is 30.3. The van der Waals surface area contributed by atoms with Crippen molar-refractivity contribution >= 4 is 38.3 Å². The van der Waals surface area contributed by atoms with Gasteiger partial charge in [0, 0.05) is 37.5 Å². The van der Waals surface area contributed by atoms with Crippen molar-refractivity contribution in [1.82, 2.24) is 4.90 Å². The summed E-state index contributed by atoms with van der Waals surface area (Å²) in [5.41, 5.74) is 1.26. The summed E-state index contributed by atoms with van der Waals surface area (Å²) in [6, 6.07) is 14.8. The van der Waals surface area contributed by atoms with Crippen LogP contribution in [0, 0.1) is 0 Å². The average Bonchev–Trinajstić information content (AvgIpc) is 3.47. The minimum Gasteiger partial charge on any atom is -0.456 e. The molecule has 2 amide bonds. The molecule has 4 heterocycles. The summed E-state index contributed by atoms with van der Waals surface area (Å²) in [6.45, 7) is 18.1. The lowest BCUT2D eigenvalue weighted by molar-refractivity contribution is -0.330. The number of carbonyl (C=O) groups is 5. The van der Waals surface area contributed by atoms with Crippen LogP contribution in [0.2, 0.25) is 10.1 Å². The quantitative estimate of drug-likeness (QED) is 0.0581. The lowest BCUT2D eigenvalue weighted by Crippen LogP contribution is -2.74. The van der Waals surface area contributed by atoms with Gasteiger partial charge in [-0.3, -0.25) is 28.9 Å². The second kappa shape index (κ2) is 20.6. The van der Waals surface area contributed by atoms with Gasteiger partial charge in [0.05, 0.1) is 30.9 Å². The van der Waals surface area contributed by atoms with Crippen LogP contribution < -0.4 is 0 Å². The molecule has 0 bridgehead atoms. The van der Waals surface area contributed by atoms with Crippen LogP contribution in [0.4, 0.5) is 0 Å². The number of ether oxygens (including phenoxy) is 8. The smallest absolute Gasteiger partial charge is 0.349 e. The first kappa shape index (κ1) is 49.4. The van der Waals surface area contributed by atoms with Crippen LogP contribution in [0.5, 0.6) is 0 Å². The molecule has 0 radical (unpaired) electrons. The number of benzene rings is 2. The van der Waals surface area contributed by atoms with E-state index in [2.05, 4.69) is 48.5 Å². The fraction of sp³-hybridized carbons (Fsp3) is 0.638. The van der Waals surface area contributed by atoms with E-state index in [9.17, 15) is 24.0 Å². The van der Waals surface area contributed by atoms with Gasteiger partial charge in [0.1, 0.15) is 30.5 Å². The number of fused-ring (bicyclic) bond motifs is 2. The van der Waals surface area contributed by atoms with Crippen LogP contribution in [0.15, 0.2) is 54.6 Å². The highest BCUT2D eigenvalue weighted by Gasteiger charge is 2.66. The number of unbranched alkanes of at least 4 members (excludes halogenated alkanes) is 3. The molecule has 10 atom stereocenters. The maximum absolute atomic E-state index is 14.5. The second-order valence-electron chi connectivity index (χ2n) is 18.9. The van der Waals surface area contributed by atoms with Crippen molar-refractivity contribution in [2.45, 2.75) is 173 Å². The summed E-state index contributed by atoms with van der Waals surface area (Å²) in [7, 11) is -3.22. The topological polar surface area (TPSA) is 181 Å². The van der Waals surface area contributed by atoms with Gasteiger partial charge in [-0.05, 0) is 24.1 Å². The highest BCUT2D eigenvalue weighted by Crippen LogP contribution is 2.55. The Morgan fingerprint density at radius 3 is 1.84 bits per heavy atom. The van der Waals surface area contributed by atoms with E-state index in [0.29, 0.717) is 6.42 Å². The maximum Gasteiger partial charge on any atom is 0.349 e. The van der Waals surface area contributed by atoms with Crippen molar-refractivity contribution in [3.8, 4) is 0 Å². The summed E-state index contributed by atoms with van der Waals surface area (Å²) in [4.78, 5) is 68.0. The predicted octanol–water partition coefficient (Wildman–Crippen LogP) is 6.55. The van der Waals surface area contributed by atoms with Gasteiger partial charge in [0.15, 0.2) is 30.9 Å². The Labute approximate surface area is 377 Å². The molecule has 0 spiro atoms. The molecule has 4 aliphatic rings. The Morgan fingerprint density at radius 2 is 1.27 bits per heavy atom. The molecule has 3 fully saturated rings. The van der Waals surface area contributed by atoms with Gasteiger partial charge in [-0.25, -0.2) is 0 Å². The molecular weight excluding hydrogens is 847 g/mol. The number of hydrogen-bond acceptors (Lipinski definition) is 15. The zero-order valence-electron chi connectivity index (χ0n) is 38.7. The van der Waals surface area contributed by atoms with Crippen LogP contribution in [0.3, 0.4) is 0 Å². The third-order valence-corrected chi connectivity index (χ3v) is 17.1. The molecule has 0 N–H and O–H groups in total. The van der Waals surface area contributed by atoms with E-state index in [0.717, 1.165) is 29.7 Å². The van der Waals surface area contributed by atoms with Gasteiger partial charge in [-0.2, -0.15) is 0 Å². The Kier molecular flexibility index (Phi) is 15.9. The van der Waals surface area contributed by atoms with Gasteiger partial charge in [-0.1, -0.05) is 110 Å². The largest absolute Gasteiger partial charge is 0.456 e. The molecule has 0 saturated carbocycles. The molecule has 64 heavy (non-hydrogen) atoms. The van der Waals surface area contributed by atoms with Crippen molar-refractivity contribution in [3.05, 3.63) is 71.3 Å². The van der Waals surface area contributed by atoms with Crippen molar-refractivity contribution in [1.29, 1.82) is 0 Å². The van der Waals surface area contributed by atoms with E-state index in [1.54, 1.807) is 24.3 Å². The summed E-state index contributed by atoms with van der Waals surface area (Å²) in [6.07, 6.45) is -7.16. The molecule has 3 saturated heterocycles. The summed E-state index contributed by atoms with van der Waals surface area (Å²) < 4.78 is 64.3. The van der Waals surface area contributed by atoms with E-state index in [1.165, 1.54) is 20.8 Å². The number of nitrogens with zero attached hydrogens (tertiary/aromatic N) is 1. The SMILES string of the molecule is CCCCCCO[C@@H]1O[C@H](CO[C@H]2O[C@@H]3CO[Si](C(C)(C)C)(C(C)(C)C)O[C@@H]3[C@H](OCc3ccccc3)[C@H]2N2C(=O)c3ccccc3C2=O)[C@@H](OC(C)=O)[C@H](OC(C)=O)[C@H]1OC(C)=O. The molecule has 4 aliphatic heterocycles. The molecule has 0 unspecified atom stereocenters. The van der Waals surface area contributed by atoms with Crippen LogP contribution >= 0.6 is 0 Å². The zero-order chi connectivity index (χ0) is 46.6. The van der Waals surface area contributed by atoms with Gasteiger partial charge in [-0.15, -0.1) is 0 Å². The number of amides is 2. The molecule has 2 aromatic rings. The molecule has 0 aromatic heterocycles. The summed E-state index contributed by atoms with van der Waals surface area (Å²) in [5, 5.41) is -0.890. The van der Waals surface area contributed by atoms with Gasteiger partial charge >= 0.3 is 26.5 Å². The lowest BCUT2D eigenvalue weighted by atomic mass is 9.94. The van der Waals surface area contributed by atoms with Crippen molar-refractivity contribution < 1.29 is 70.7 Å². The van der Waals surface area contributed by atoms with Crippen LogP contribution in [-0.2, 0) is 67.7 Å². The number of imide groups is 1. The van der Waals surface area contributed by atoms with E-state index < -0.39 is 116 Å². The third-order valence-electron chi connectivity index (χ3n) is 12.0. The standard InChI is InChI=1S/C47H65NO15Si/c1-11-12-13-19-24-54-45-41(60-30(4)51)40(59-29(3)50)37(58-28(2)49)34(62-45)26-56-44-36(48-42(52)32-22-17-18-23-33(32)43(48)53)39(55-25-31-20-15-14-16-21-31)38-35(61-44)27-57-64(63-38,46(5,6)7)47(8,9)10/h14-18,20-23,34-41,44-45H,11-13,19,24-27H2,1-10H3/t34-,35-,36-,37-,38+,39-,40+,41-,44+,45-/m1/s1. The second-order valence-corrected chi connectivity index (χ2v) is 23.6. The normalized spacial score (nSPS) is 29.1. The van der Waals surface area contributed by atoms with Crippen LogP contribution in [0.1, 0.15) is 121 Å². The van der Waals surface area contributed by atoms with Gasteiger partial charge in [0.25, 0.3) is 11.8 Å². The molecule has 16 nitrogen and oxygen atoms in total. The minimum absolute atomic E-state index is 0.0874. The van der Waals surface area contributed by atoms with Crippen molar-refractivity contribution in [3.63, 3.8) is 0 Å². The number of rotatable bonds is 16. The molecule has 17 heteroatoms. The first-order valence-corrected chi connectivity index (χ1v) is 24.1. The fourth-order valence-corrected chi connectivity index (χ4v) is 14.4. The first-order valence-electron chi connectivity index (χ1n) is 22.3. The average molecular weight is 912 g/mol. The highest BCUT2D eigenvalue weighted by atomic mass is 28.4. The highest BCUT2D eigenvalue weighted by molar-refractivity contribution is 6.73. The monoisotopic (exact) mass is 911 g/mol. The van der Waals surface area contributed by atoms with Crippen molar-refractivity contribution in [2.75, 3.05) is 19.8 Å². The number of esters is 3. The Hall–Kier alpha value is -4.07. The molecule has 6 rings (SSSR count). The minimum atomic E-state index is -3.22. The Balaban J connectivity index is 1.42. The molecular formula is C47H65NO15Si. The maximum atomic E-state index is 14.5. The van der Waals surface area contributed by atoms with E-state index in [-0.39, 0.29) is 30.9 Å². The van der Waals surface area contributed by atoms with Gasteiger partial charge in [0.2, 0.25) is 0 Å². The lowest BCUT2D eigenvalue weighted by Gasteiger charge is -2.58. The van der Waals surface area contributed by atoms with E-state index in [4.69, 9.17) is 46.7 Å². The Morgan fingerprint density at radius 1 is 0.688 bits per heavy atom. The van der Waals surface area contributed by atoms with Gasteiger partial charge < -0.3 is 46.7 Å². The third kappa shape index (κ3) is 10.6. The van der Waals surface area contributed by atoms with E-state index >= 15 is 0 Å². The fourth-order valence-electron chi connectivity index (χ4n) is 9.39. The zero-order valence-corrected chi connectivity index (χ0v) is 39.7. The molecule has 352 valence electrons. The van der Waals surface area contributed by atoms with Crippen LogP contribution in [-0.4, -0.2) is 124 Å². The summed E-state index contributed by atoms with van der Waals surface area (Å²) in [5.74, 6) is -3.33. The molecule has 2 aromatic carbocycles. The summed E-state index contributed by atoms with van der Waals surface area (Å²) >= 11 is 0. The van der Waals surface area contributed by atoms with Crippen LogP contribution in [0.25, 0.3) is 0 Å². The predicted molar refractivity (Wildman–Crippen MR) is 232 cm³/mol. The van der Waals surface area contributed by atoms with E-state index in [1.807, 2.05) is 30.3 Å². The number of carbonyl (C=O) groups excluding carboxylic acids is 5. The molecule has 0 aliphatic carbocycles. The Bertz CT molecular complexity index is 1920. The number of hydrogen-bond donors (Lipinski definition) is 0. The van der Waals surface area contributed by atoms with Crippen molar-refractivity contribution in [2.24, 2.45) is 0 Å².